The Morgan fingerprint density at radius 3 is 2.52 bits per heavy atom. The zero-order chi connectivity index (χ0) is 15.4. The van der Waals surface area contributed by atoms with Crippen LogP contribution in [0.1, 0.15) is 28.5 Å². The lowest BCUT2D eigenvalue weighted by atomic mass is 10.0. The zero-order valence-electron chi connectivity index (χ0n) is 12.8. The van der Waals surface area contributed by atoms with E-state index in [4.69, 9.17) is 9.47 Å². The van der Waals surface area contributed by atoms with Crippen LogP contribution in [0.3, 0.4) is 0 Å². The average Bonchev–Trinajstić information content (AvgIpc) is 2.50. The molecule has 0 bridgehead atoms. The van der Waals surface area contributed by atoms with Gasteiger partial charge in [-0.2, -0.15) is 4.98 Å². The largest absolute Gasteiger partial charge is 0.480 e. The van der Waals surface area contributed by atoms with Gasteiger partial charge in [0.1, 0.15) is 11.8 Å². The van der Waals surface area contributed by atoms with E-state index < -0.39 is 6.10 Å². The average molecular weight is 288 g/mol. The summed E-state index contributed by atoms with van der Waals surface area (Å²) in [6.45, 7) is 4.12. The first-order chi connectivity index (χ1) is 10.0. The Morgan fingerprint density at radius 1 is 1.14 bits per heavy atom. The van der Waals surface area contributed by atoms with E-state index in [2.05, 4.69) is 29.9 Å². The second-order valence-corrected chi connectivity index (χ2v) is 4.95. The van der Waals surface area contributed by atoms with Gasteiger partial charge >= 0.3 is 0 Å². The third-order valence-electron chi connectivity index (χ3n) is 3.46. The normalized spacial score (nSPS) is 12.0. The van der Waals surface area contributed by atoms with Gasteiger partial charge in [0.2, 0.25) is 11.8 Å². The molecule has 0 saturated carbocycles. The van der Waals surface area contributed by atoms with Crippen LogP contribution in [-0.2, 0) is 6.42 Å². The van der Waals surface area contributed by atoms with Crippen LogP contribution in [0.5, 0.6) is 11.8 Å². The molecule has 0 spiro atoms. The van der Waals surface area contributed by atoms with Crippen molar-refractivity contribution >= 4 is 0 Å². The van der Waals surface area contributed by atoms with Gasteiger partial charge in [-0.15, -0.1) is 0 Å². The Balaban J connectivity index is 2.23. The van der Waals surface area contributed by atoms with E-state index >= 15 is 0 Å². The third kappa shape index (κ3) is 3.49. The second-order valence-electron chi connectivity index (χ2n) is 4.95. The molecule has 1 atom stereocenters. The van der Waals surface area contributed by atoms with Crippen molar-refractivity contribution in [2.45, 2.75) is 26.4 Å². The molecule has 1 aromatic heterocycles. The molecule has 0 saturated heterocycles. The SMILES string of the molecule is COc1cnc(C(O)Cc2ccc(C)c(C)c2)c(OC)n1. The number of aliphatic hydroxyl groups is 1. The third-order valence-corrected chi connectivity index (χ3v) is 3.46. The predicted octanol–water partition coefficient (Wildman–Crippen LogP) is 2.39. The summed E-state index contributed by atoms with van der Waals surface area (Å²) in [4.78, 5) is 8.33. The molecule has 112 valence electrons. The number of aromatic nitrogens is 2. The van der Waals surface area contributed by atoms with Crippen molar-refractivity contribution in [2.24, 2.45) is 0 Å². The van der Waals surface area contributed by atoms with Crippen LogP contribution in [0.15, 0.2) is 24.4 Å². The summed E-state index contributed by atoms with van der Waals surface area (Å²) in [7, 11) is 3.00. The Labute approximate surface area is 124 Å². The van der Waals surface area contributed by atoms with Gasteiger partial charge in [0.15, 0.2) is 0 Å². The first-order valence-electron chi connectivity index (χ1n) is 6.74. The van der Waals surface area contributed by atoms with Crippen LogP contribution in [0.4, 0.5) is 0 Å². The summed E-state index contributed by atoms with van der Waals surface area (Å²) in [5.74, 6) is 0.639. The van der Waals surface area contributed by atoms with E-state index in [0.29, 0.717) is 18.0 Å². The van der Waals surface area contributed by atoms with Crippen LogP contribution in [0.25, 0.3) is 0 Å². The minimum absolute atomic E-state index is 0.283. The number of hydrogen-bond acceptors (Lipinski definition) is 5. The number of ether oxygens (including phenoxy) is 2. The second kappa shape index (κ2) is 6.54. The van der Waals surface area contributed by atoms with E-state index in [1.54, 1.807) is 0 Å². The smallest absolute Gasteiger partial charge is 0.241 e. The molecule has 5 nitrogen and oxygen atoms in total. The van der Waals surface area contributed by atoms with Crippen LogP contribution in [-0.4, -0.2) is 29.3 Å². The molecule has 0 amide bonds. The molecule has 1 N–H and O–H groups in total. The highest BCUT2D eigenvalue weighted by atomic mass is 16.5. The fourth-order valence-electron chi connectivity index (χ4n) is 2.09. The van der Waals surface area contributed by atoms with Crippen molar-refractivity contribution in [3.8, 4) is 11.8 Å². The Bertz CT molecular complexity index is 629. The Hall–Kier alpha value is -2.14. The van der Waals surface area contributed by atoms with Crippen molar-refractivity contribution in [1.29, 1.82) is 0 Å². The van der Waals surface area contributed by atoms with Gasteiger partial charge in [-0.3, -0.25) is 0 Å². The van der Waals surface area contributed by atoms with Gasteiger partial charge in [-0.1, -0.05) is 18.2 Å². The molecule has 0 fully saturated rings. The van der Waals surface area contributed by atoms with Crippen molar-refractivity contribution in [3.05, 3.63) is 46.8 Å². The zero-order valence-corrected chi connectivity index (χ0v) is 12.8. The highest BCUT2D eigenvalue weighted by Crippen LogP contribution is 2.26. The van der Waals surface area contributed by atoms with Crippen LogP contribution >= 0.6 is 0 Å². The minimum Gasteiger partial charge on any atom is -0.480 e. The molecule has 1 heterocycles. The summed E-state index contributed by atoms with van der Waals surface area (Å²) >= 11 is 0. The number of methoxy groups -OCH3 is 2. The maximum Gasteiger partial charge on any atom is 0.241 e. The monoisotopic (exact) mass is 288 g/mol. The maximum atomic E-state index is 10.4. The predicted molar refractivity (Wildman–Crippen MR) is 79.7 cm³/mol. The van der Waals surface area contributed by atoms with Crippen molar-refractivity contribution in [1.82, 2.24) is 9.97 Å². The number of hydrogen-bond donors (Lipinski definition) is 1. The van der Waals surface area contributed by atoms with Crippen LogP contribution < -0.4 is 9.47 Å². The molecule has 21 heavy (non-hydrogen) atoms. The van der Waals surface area contributed by atoms with Crippen molar-refractivity contribution < 1.29 is 14.6 Å². The van der Waals surface area contributed by atoms with E-state index in [9.17, 15) is 5.11 Å². The van der Waals surface area contributed by atoms with Crippen molar-refractivity contribution in [3.63, 3.8) is 0 Å². The summed E-state index contributed by atoms with van der Waals surface area (Å²) < 4.78 is 10.2. The van der Waals surface area contributed by atoms with E-state index in [0.717, 1.165) is 5.56 Å². The minimum atomic E-state index is -0.777. The molecule has 0 radical (unpaired) electrons. The number of aliphatic hydroxyl groups excluding tert-OH is 1. The fourth-order valence-corrected chi connectivity index (χ4v) is 2.09. The Morgan fingerprint density at radius 2 is 1.90 bits per heavy atom. The maximum absolute atomic E-state index is 10.4. The van der Waals surface area contributed by atoms with E-state index in [1.165, 1.54) is 31.5 Å². The number of rotatable bonds is 5. The summed E-state index contributed by atoms with van der Waals surface area (Å²) in [5, 5.41) is 10.4. The van der Waals surface area contributed by atoms with Gasteiger partial charge in [-0.25, -0.2) is 4.98 Å². The van der Waals surface area contributed by atoms with Gasteiger partial charge < -0.3 is 14.6 Å². The molecule has 5 heteroatoms. The van der Waals surface area contributed by atoms with Gasteiger partial charge in [0.05, 0.1) is 20.4 Å². The standard InChI is InChI=1S/C16H20N2O3/c1-10-5-6-12(7-11(10)2)8-13(19)15-16(21-4)18-14(20-3)9-17-15/h5-7,9,13,19H,8H2,1-4H3. The van der Waals surface area contributed by atoms with Crippen LogP contribution in [0, 0.1) is 13.8 Å². The molecule has 2 aromatic rings. The van der Waals surface area contributed by atoms with Gasteiger partial charge in [0.25, 0.3) is 0 Å². The van der Waals surface area contributed by atoms with E-state index in [-0.39, 0.29) is 5.88 Å². The first-order valence-corrected chi connectivity index (χ1v) is 6.74. The topological polar surface area (TPSA) is 64.5 Å². The summed E-state index contributed by atoms with van der Waals surface area (Å²) in [6, 6.07) is 6.13. The van der Waals surface area contributed by atoms with Gasteiger partial charge in [-0.05, 0) is 30.5 Å². The molecular weight excluding hydrogens is 268 g/mol. The quantitative estimate of drug-likeness (QED) is 0.915. The molecule has 0 aliphatic heterocycles. The summed E-state index contributed by atoms with van der Waals surface area (Å²) in [6.07, 6.45) is 1.15. The van der Waals surface area contributed by atoms with Gasteiger partial charge in [0, 0.05) is 6.42 Å². The lowest BCUT2D eigenvalue weighted by molar-refractivity contribution is 0.167. The fraction of sp³-hybridized carbons (Fsp3) is 0.375. The molecule has 0 aliphatic carbocycles. The molecule has 1 aromatic carbocycles. The molecule has 0 aliphatic rings. The lowest BCUT2D eigenvalue weighted by Gasteiger charge is -2.14. The first kappa shape index (κ1) is 15.3. The number of nitrogens with zero attached hydrogens (tertiary/aromatic N) is 2. The Kier molecular flexibility index (Phi) is 4.75. The highest BCUT2D eigenvalue weighted by molar-refractivity contribution is 5.32. The summed E-state index contributed by atoms with van der Waals surface area (Å²) in [5.41, 5.74) is 3.89. The highest BCUT2D eigenvalue weighted by Gasteiger charge is 2.18. The molecule has 2 rings (SSSR count). The number of aryl methyl sites for hydroxylation is 2. The van der Waals surface area contributed by atoms with Crippen LogP contribution in [0.2, 0.25) is 0 Å². The molecule has 1 unspecified atom stereocenters. The molecular formula is C16H20N2O3. The van der Waals surface area contributed by atoms with E-state index in [1.807, 2.05) is 12.1 Å². The number of benzene rings is 1. The lowest BCUT2D eigenvalue weighted by Crippen LogP contribution is -2.08. The van der Waals surface area contributed by atoms with Crippen molar-refractivity contribution in [2.75, 3.05) is 14.2 Å².